The summed E-state index contributed by atoms with van der Waals surface area (Å²) in [6, 6.07) is 16.3. The number of thioether (sulfide) groups is 1. The lowest BCUT2D eigenvalue weighted by atomic mass is 10.2. The Balaban J connectivity index is 0.00000288. The van der Waals surface area contributed by atoms with Gasteiger partial charge in [0.1, 0.15) is 5.75 Å². The first-order chi connectivity index (χ1) is 11.2. The fourth-order valence-electron chi connectivity index (χ4n) is 2.03. The van der Waals surface area contributed by atoms with Crippen LogP contribution in [-0.4, -0.2) is 25.4 Å². The lowest BCUT2D eigenvalue weighted by molar-refractivity contribution is 0.417. The van der Waals surface area contributed by atoms with E-state index in [1.807, 2.05) is 36.0 Å². The zero-order valence-electron chi connectivity index (χ0n) is 14.0. The van der Waals surface area contributed by atoms with Gasteiger partial charge >= 0.3 is 0 Å². The average Bonchev–Trinajstić information content (AvgIpc) is 2.57. The molecule has 24 heavy (non-hydrogen) atoms. The van der Waals surface area contributed by atoms with Crippen LogP contribution in [0.5, 0.6) is 5.75 Å². The van der Waals surface area contributed by atoms with Crippen molar-refractivity contribution in [3.8, 4) is 5.75 Å². The van der Waals surface area contributed by atoms with Crippen molar-refractivity contribution in [2.24, 2.45) is 10.7 Å². The van der Waals surface area contributed by atoms with Crippen LogP contribution < -0.4 is 15.8 Å². The third kappa shape index (κ3) is 7.00. The van der Waals surface area contributed by atoms with Crippen LogP contribution in [0.25, 0.3) is 0 Å². The molecule has 4 nitrogen and oxygen atoms in total. The molecule has 2 aromatic rings. The number of halogens is 1. The van der Waals surface area contributed by atoms with Gasteiger partial charge in [-0.05, 0) is 24.6 Å². The van der Waals surface area contributed by atoms with Crippen molar-refractivity contribution in [2.75, 3.05) is 24.7 Å². The summed E-state index contributed by atoms with van der Waals surface area (Å²) in [5.41, 5.74) is 9.36. The Morgan fingerprint density at radius 2 is 1.88 bits per heavy atom. The first kappa shape index (κ1) is 20.6. The molecular formula is C18H24IN3OS. The number of methoxy groups -OCH3 is 1. The van der Waals surface area contributed by atoms with Gasteiger partial charge in [-0.3, -0.25) is 4.99 Å². The molecule has 0 amide bonds. The molecule has 0 aliphatic heterocycles. The standard InChI is InChI=1S/C18H23N3OS.HI/c1-14-7-9-15(10-8-14)13-23-12-11-20-18(19)21-16-5-3-4-6-17(16)22-2;/h3-10H,11-13H2,1-2H3,(H3,19,20,21);1H. The van der Waals surface area contributed by atoms with E-state index >= 15 is 0 Å². The average molecular weight is 457 g/mol. The van der Waals surface area contributed by atoms with Crippen molar-refractivity contribution < 1.29 is 4.74 Å². The molecule has 0 atom stereocenters. The number of para-hydroxylation sites is 2. The van der Waals surface area contributed by atoms with Gasteiger partial charge in [0.25, 0.3) is 0 Å². The third-order valence-electron chi connectivity index (χ3n) is 3.28. The molecule has 0 aromatic heterocycles. The fraction of sp³-hybridized carbons (Fsp3) is 0.278. The minimum absolute atomic E-state index is 0. The molecule has 0 aliphatic carbocycles. The van der Waals surface area contributed by atoms with E-state index < -0.39 is 0 Å². The van der Waals surface area contributed by atoms with Gasteiger partial charge in [0.2, 0.25) is 0 Å². The molecule has 2 rings (SSSR count). The molecule has 0 saturated heterocycles. The van der Waals surface area contributed by atoms with E-state index in [2.05, 4.69) is 41.5 Å². The summed E-state index contributed by atoms with van der Waals surface area (Å²) in [7, 11) is 1.63. The van der Waals surface area contributed by atoms with Gasteiger partial charge in [-0.2, -0.15) is 11.8 Å². The lowest BCUT2D eigenvalue weighted by Crippen LogP contribution is -2.23. The molecule has 0 spiro atoms. The number of anilines is 1. The predicted octanol–water partition coefficient (Wildman–Crippen LogP) is 4.28. The molecule has 0 bridgehead atoms. The summed E-state index contributed by atoms with van der Waals surface area (Å²) < 4.78 is 5.27. The molecule has 0 fully saturated rings. The molecule has 0 radical (unpaired) electrons. The number of aryl methyl sites for hydroxylation is 1. The van der Waals surface area contributed by atoms with Crippen LogP contribution in [0.2, 0.25) is 0 Å². The first-order valence-electron chi connectivity index (χ1n) is 7.52. The van der Waals surface area contributed by atoms with Crippen LogP contribution in [0.4, 0.5) is 5.69 Å². The molecular weight excluding hydrogens is 433 g/mol. The number of nitrogens with one attached hydrogen (secondary N) is 1. The van der Waals surface area contributed by atoms with Crippen LogP contribution >= 0.6 is 35.7 Å². The van der Waals surface area contributed by atoms with Gasteiger partial charge in [0, 0.05) is 11.5 Å². The first-order valence-corrected chi connectivity index (χ1v) is 8.68. The Bertz CT molecular complexity index is 647. The second-order valence-electron chi connectivity index (χ2n) is 5.13. The third-order valence-corrected chi connectivity index (χ3v) is 4.29. The van der Waals surface area contributed by atoms with Crippen molar-refractivity contribution in [1.29, 1.82) is 0 Å². The van der Waals surface area contributed by atoms with Gasteiger partial charge in [0.15, 0.2) is 5.96 Å². The van der Waals surface area contributed by atoms with Gasteiger partial charge in [-0.1, -0.05) is 42.0 Å². The van der Waals surface area contributed by atoms with Crippen molar-refractivity contribution >= 4 is 47.4 Å². The van der Waals surface area contributed by atoms with E-state index in [9.17, 15) is 0 Å². The maximum atomic E-state index is 5.91. The number of guanidine groups is 1. The normalized spacial score (nSPS) is 10.8. The van der Waals surface area contributed by atoms with E-state index in [4.69, 9.17) is 10.5 Å². The van der Waals surface area contributed by atoms with Gasteiger partial charge < -0.3 is 15.8 Å². The Hall–Kier alpha value is -1.41. The number of hydrogen-bond donors (Lipinski definition) is 2. The second-order valence-corrected chi connectivity index (χ2v) is 6.24. The molecule has 6 heteroatoms. The minimum Gasteiger partial charge on any atom is -0.495 e. The monoisotopic (exact) mass is 457 g/mol. The van der Waals surface area contributed by atoms with Crippen molar-refractivity contribution in [3.63, 3.8) is 0 Å². The highest BCUT2D eigenvalue weighted by Crippen LogP contribution is 2.22. The largest absolute Gasteiger partial charge is 0.495 e. The van der Waals surface area contributed by atoms with E-state index in [-0.39, 0.29) is 24.0 Å². The molecule has 130 valence electrons. The number of nitrogens with zero attached hydrogens (tertiary/aromatic N) is 1. The van der Waals surface area contributed by atoms with E-state index in [0.29, 0.717) is 12.5 Å². The van der Waals surface area contributed by atoms with Crippen molar-refractivity contribution in [3.05, 3.63) is 59.7 Å². The Morgan fingerprint density at radius 1 is 1.17 bits per heavy atom. The number of ether oxygens (including phenoxy) is 1. The Kier molecular flexibility index (Phi) is 9.63. The summed E-state index contributed by atoms with van der Waals surface area (Å²) in [5, 5.41) is 3.07. The van der Waals surface area contributed by atoms with Gasteiger partial charge in [-0.25, -0.2) is 0 Å². The molecule has 3 N–H and O–H groups in total. The minimum atomic E-state index is 0. The summed E-state index contributed by atoms with van der Waals surface area (Å²) in [6.07, 6.45) is 0. The number of nitrogens with two attached hydrogens (primary N) is 1. The molecule has 2 aromatic carbocycles. The van der Waals surface area contributed by atoms with Crippen molar-refractivity contribution in [2.45, 2.75) is 12.7 Å². The Labute approximate surface area is 165 Å². The van der Waals surface area contributed by atoms with Crippen LogP contribution in [0, 0.1) is 6.92 Å². The van der Waals surface area contributed by atoms with Gasteiger partial charge in [-0.15, -0.1) is 24.0 Å². The van der Waals surface area contributed by atoms with Crippen LogP contribution in [0.15, 0.2) is 53.5 Å². The highest BCUT2D eigenvalue weighted by atomic mass is 127. The number of hydrogen-bond acceptors (Lipinski definition) is 3. The quantitative estimate of drug-likeness (QED) is 0.282. The van der Waals surface area contributed by atoms with E-state index in [1.54, 1.807) is 7.11 Å². The highest BCUT2D eigenvalue weighted by Gasteiger charge is 2.02. The van der Waals surface area contributed by atoms with Crippen LogP contribution in [0.1, 0.15) is 11.1 Å². The van der Waals surface area contributed by atoms with Gasteiger partial charge in [0.05, 0.1) is 19.3 Å². The molecule has 0 saturated carbocycles. The van der Waals surface area contributed by atoms with Crippen LogP contribution in [-0.2, 0) is 5.75 Å². The summed E-state index contributed by atoms with van der Waals surface area (Å²) in [6.45, 7) is 2.79. The summed E-state index contributed by atoms with van der Waals surface area (Å²) >= 11 is 1.85. The predicted molar refractivity (Wildman–Crippen MR) is 116 cm³/mol. The zero-order chi connectivity index (χ0) is 16.5. The smallest absolute Gasteiger partial charge is 0.193 e. The van der Waals surface area contributed by atoms with E-state index in [1.165, 1.54) is 11.1 Å². The van der Waals surface area contributed by atoms with E-state index in [0.717, 1.165) is 22.9 Å². The fourth-order valence-corrected chi connectivity index (χ4v) is 2.82. The SMILES string of the molecule is COc1ccccc1NC(N)=NCCSCc1ccc(C)cc1.I. The summed E-state index contributed by atoms with van der Waals surface area (Å²) in [4.78, 5) is 4.35. The molecule has 0 heterocycles. The molecule has 0 aliphatic rings. The van der Waals surface area contributed by atoms with Crippen LogP contribution in [0.3, 0.4) is 0 Å². The number of aliphatic imine (C=N–C) groups is 1. The molecule has 0 unspecified atom stereocenters. The maximum absolute atomic E-state index is 5.91. The number of rotatable bonds is 7. The van der Waals surface area contributed by atoms with Crippen molar-refractivity contribution in [1.82, 2.24) is 0 Å². The second kappa shape index (κ2) is 11.2. The Morgan fingerprint density at radius 3 is 2.58 bits per heavy atom. The highest BCUT2D eigenvalue weighted by molar-refractivity contribution is 14.0. The summed E-state index contributed by atoms with van der Waals surface area (Å²) in [5.74, 6) is 3.09. The lowest BCUT2D eigenvalue weighted by Gasteiger charge is -2.10. The zero-order valence-corrected chi connectivity index (χ0v) is 17.1. The number of benzene rings is 2. The topological polar surface area (TPSA) is 59.6 Å². The maximum Gasteiger partial charge on any atom is 0.193 e.